The summed E-state index contributed by atoms with van der Waals surface area (Å²) in [6.45, 7) is 12.0. The summed E-state index contributed by atoms with van der Waals surface area (Å²) in [6.07, 6.45) is 2.08. The zero-order valence-corrected chi connectivity index (χ0v) is 26.7. The van der Waals surface area contributed by atoms with Gasteiger partial charge in [-0.25, -0.2) is 12.7 Å². The number of esters is 1. The number of rotatable bonds is 8. The largest absolute Gasteiger partial charge is 0.460 e. The SMILES string of the molecule is CO[C@H]1C=CC[C@@H]2[C@H](O[Si](C)(C)C(C)(C)C)CN(S(=O)(=O)c3ccc(C)cc3)C(=O)[C@]12C(=O)OCc1ccccc1. The average molecular weight is 600 g/mol. The smallest absolute Gasteiger partial charge is 0.325 e. The lowest BCUT2D eigenvalue weighted by Crippen LogP contribution is -2.70. The second-order valence-corrected chi connectivity index (χ2v) is 19.0. The number of carbonyl (C=O) groups is 2. The van der Waals surface area contributed by atoms with Crippen LogP contribution < -0.4 is 0 Å². The molecule has 1 heterocycles. The molecule has 1 aliphatic carbocycles. The molecule has 1 fully saturated rings. The van der Waals surface area contributed by atoms with Crippen LogP contribution in [0.3, 0.4) is 0 Å². The third-order valence-corrected chi connectivity index (χ3v) is 15.0. The standard InChI is InChI=1S/C31H41NO7SSi/c1-22-16-18-24(19-17-22)40(35,36)32-20-26(39-41(6,7)30(2,3)4)25-14-11-15-27(37-5)31(25,28(32)33)29(34)38-21-23-12-9-8-10-13-23/h8-13,15-19,25-27H,14,20-21H2,1-7H3/t25-,26-,27+,31-/m1/s1. The first-order valence-electron chi connectivity index (χ1n) is 13.9. The number of hydrogen-bond donors (Lipinski definition) is 0. The third-order valence-electron chi connectivity index (χ3n) is 8.78. The van der Waals surface area contributed by atoms with E-state index >= 15 is 0 Å². The Morgan fingerprint density at radius 1 is 1.07 bits per heavy atom. The Kier molecular flexibility index (Phi) is 8.72. The summed E-state index contributed by atoms with van der Waals surface area (Å²) < 4.78 is 47.4. The van der Waals surface area contributed by atoms with Crippen LogP contribution in [-0.4, -0.2) is 58.8 Å². The van der Waals surface area contributed by atoms with E-state index < -0.39 is 53.8 Å². The van der Waals surface area contributed by atoms with Gasteiger partial charge in [-0.1, -0.05) is 81.0 Å². The Bertz CT molecular complexity index is 1400. The first-order chi connectivity index (χ1) is 19.2. The first-order valence-corrected chi connectivity index (χ1v) is 18.2. The molecule has 8 nitrogen and oxygen atoms in total. The minimum atomic E-state index is -4.34. The zero-order chi connectivity index (χ0) is 30.2. The number of amides is 1. The van der Waals surface area contributed by atoms with Crippen molar-refractivity contribution in [2.45, 2.75) is 76.0 Å². The molecule has 0 unspecified atom stereocenters. The molecule has 41 heavy (non-hydrogen) atoms. The first kappa shape index (κ1) is 31.1. The monoisotopic (exact) mass is 599 g/mol. The Balaban J connectivity index is 1.87. The molecule has 0 aromatic heterocycles. The molecular weight excluding hydrogens is 558 g/mol. The molecule has 0 saturated carbocycles. The van der Waals surface area contributed by atoms with Gasteiger partial charge >= 0.3 is 5.97 Å². The van der Waals surface area contributed by atoms with Crippen LogP contribution in [-0.2, 0) is 40.1 Å². The number of piperidine rings is 1. The third kappa shape index (κ3) is 5.67. The summed E-state index contributed by atoms with van der Waals surface area (Å²) in [5.74, 6) is -2.36. The second-order valence-electron chi connectivity index (χ2n) is 12.4. The van der Waals surface area contributed by atoms with Crippen LogP contribution >= 0.6 is 0 Å². The molecule has 4 rings (SSSR count). The number of nitrogens with zero attached hydrogens (tertiary/aromatic N) is 1. The van der Waals surface area contributed by atoms with Crippen LogP contribution in [0, 0.1) is 18.3 Å². The number of sulfonamides is 1. The molecule has 4 atom stereocenters. The number of allylic oxidation sites excluding steroid dienone is 1. The number of aryl methyl sites for hydroxylation is 1. The van der Waals surface area contributed by atoms with Crippen molar-refractivity contribution in [2.24, 2.45) is 11.3 Å². The summed E-state index contributed by atoms with van der Waals surface area (Å²) in [4.78, 5) is 28.8. The lowest BCUT2D eigenvalue weighted by atomic mass is 9.62. The highest BCUT2D eigenvalue weighted by atomic mass is 32.2. The van der Waals surface area contributed by atoms with E-state index in [4.69, 9.17) is 13.9 Å². The van der Waals surface area contributed by atoms with Gasteiger partial charge in [0.1, 0.15) is 12.7 Å². The highest BCUT2D eigenvalue weighted by Crippen LogP contribution is 2.51. The van der Waals surface area contributed by atoms with Crippen molar-refractivity contribution in [1.82, 2.24) is 4.31 Å². The minimum Gasteiger partial charge on any atom is -0.460 e. The summed E-state index contributed by atoms with van der Waals surface area (Å²) in [5, 5.41) is -0.198. The maximum Gasteiger partial charge on any atom is 0.325 e. The predicted octanol–water partition coefficient (Wildman–Crippen LogP) is 5.24. The number of benzene rings is 2. The molecule has 2 aliphatic rings. The Labute approximate surface area is 244 Å². The molecule has 0 spiro atoms. The zero-order valence-electron chi connectivity index (χ0n) is 24.9. The van der Waals surface area contributed by atoms with Crippen molar-refractivity contribution in [3.63, 3.8) is 0 Å². The van der Waals surface area contributed by atoms with Gasteiger partial charge < -0.3 is 13.9 Å². The summed E-state index contributed by atoms with van der Waals surface area (Å²) in [6, 6.07) is 15.5. The van der Waals surface area contributed by atoms with Crippen LogP contribution in [0.2, 0.25) is 18.1 Å². The van der Waals surface area contributed by atoms with Crippen molar-refractivity contribution in [3.05, 3.63) is 77.9 Å². The van der Waals surface area contributed by atoms with Gasteiger partial charge in [-0.2, -0.15) is 0 Å². The molecule has 0 bridgehead atoms. The molecular formula is C31H41NO7SSi. The maximum atomic E-state index is 14.6. The average Bonchev–Trinajstić information content (AvgIpc) is 2.92. The highest BCUT2D eigenvalue weighted by Gasteiger charge is 2.67. The van der Waals surface area contributed by atoms with E-state index in [0.29, 0.717) is 6.42 Å². The number of carbonyl (C=O) groups excluding carboxylic acids is 2. The number of ether oxygens (including phenoxy) is 2. The lowest BCUT2D eigenvalue weighted by molar-refractivity contribution is -0.190. The van der Waals surface area contributed by atoms with E-state index in [9.17, 15) is 18.0 Å². The Hall–Kier alpha value is -2.79. The lowest BCUT2D eigenvalue weighted by Gasteiger charge is -2.53. The molecule has 0 N–H and O–H groups in total. The van der Waals surface area contributed by atoms with Gasteiger partial charge in [-0.3, -0.25) is 9.59 Å². The highest BCUT2D eigenvalue weighted by molar-refractivity contribution is 7.89. The van der Waals surface area contributed by atoms with Gasteiger partial charge in [-0.05, 0) is 49.2 Å². The van der Waals surface area contributed by atoms with Crippen molar-refractivity contribution < 1.29 is 31.9 Å². The predicted molar refractivity (Wildman–Crippen MR) is 159 cm³/mol. The number of hydrogen-bond acceptors (Lipinski definition) is 7. The van der Waals surface area contributed by atoms with Crippen LogP contribution in [0.5, 0.6) is 0 Å². The van der Waals surface area contributed by atoms with Crippen molar-refractivity contribution >= 4 is 30.2 Å². The topological polar surface area (TPSA) is 99.2 Å². The van der Waals surface area contributed by atoms with Crippen LogP contribution in [0.4, 0.5) is 0 Å². The number of fused-ring (bicyclic) bond motifs is 1. The molecule has 1 saturated heterocycles. The van der Waals surface area contributed by atoms with E-state index in [-0.39, 0.29) is 23.1 Å². The maximum absolute atomic E-state index is 14.6. The van der Waals surface area contributed by atoms with Gasteiger partial charge in [0.05, 0.1) is 17.5 Å². The second kappa shape index (κ2) is 11.5. The van der Waals surface area contributed by atoms with Crippen LogP contribution in [0.1, 0.15) is 38.3 Å². The fourth-order valence-corrected chi connectivity index (χ4v) is 8.18. The molecule has 2 aromatic carbocycles. The van der Waals surface area contributed by atoms with E-state index in [1.807, 2.05) is 43.3 Å². The van der Waals surface area contributed by atoms with Crippen molar-refractivity contribution in [1.29, 1.82) is 0 Å². The fourth-order valence-electron chi connectivity index (χ4n) is 5.38. The van der Waals surface area contributed by atoms with E-state index in [1.54, 1.807) is 18.2 Å². The van der Waals surface area contributed by atoms with E-state index in [1.165, 1.54) is 19.2 Å². The summed E-state index contributed by atoms with van der Waals surface area (Å²) >= 11 is 0. The Morgan fingerprint density at radius 3 is 2.29 bits per heavy atom. The van der Waals surface area contributed by atoms with Crippen molar-refractivity contribution in [2.75, 3.05) is 13.7 Å². The molecule has 222 valence electrons. The molecule has 1 amide bonds. The van der Waals surface area contributed by atoms with E-state index in [0.717, 1.165) is 15.4 Å². The van der Waals surface area contributed by atoms with Gasteiger partial charge in [-0.15, -0.1) is 0 Å². The fraction of sp³-hybridized carbons (Fsp3) is 0.484. The molecule has 10 heteroatoms. The van der Waals surface area contributed by atoms with Gasteiger partial charge in [0.25, 0.3) is 15.9 Å². The van der Waals surface area contributed by atoms with Gasteiger partial charge in [0.15, 0.2) is 13.7 Å². The molecule has 1 aliphatic heterocycles. The number of methoxy groups -OCH3 is 1. The quantitative estimate of drug-likeness (QED) is 0.177. The van der Waals surface area contributed by atoms with Gasteiger partial charge in [0, 0.05) is 13.0 Å². The molecule has 0 radical (unpaired) electrons. The van der Waals surface area contributed by atoms with E-state index in [2.05, 4.69) is 33.9 Å². The van der Waals surface area contributed by atoms with Crippen LogP contribution in [0.15, 0.2) is 71.6 Å². The molecule has 2 aromatic rings. The Morgan fingerprint density at radius 2 is 1.71 bits per heavy atom. The van der Waals surface area contributed by atoms with Crippen molar-refractivity contribution in [3.8, 4) is 0 Å². The van der Waals surface area contributed by atoms with Crippen LogP contribution in [0.25, 0.3) is 0 Å². The minimum absolute atomic E-state index is 0.0332. The van der Waals surface area contributed by atoms with Gasteiger partial charge in [0.2, 0.25) is 0 Å². The summed E-state index contributed by atoms with van der Waals surface area (Å²) in [7, 11) is -5.42. The summed E-state index contributed by atoms with van der Waals surface area (Å²) in [5.41, 5.74) is -0.331. The normalized spacial score (nSPS) is 25.1.